The molecule has 0 radical (unpaired) electrons. The van der Waals surface area contributed by atoms with E-state index in [9.17, 15) is 24.2 Å². The molecule has 1 atom stereocenters. The molecule has 4 rings (SSSR count). The molecule has 0 aliphatic rings. The monoisotopic (exact) mass is 669 g/mol. The quantitative estimate of drug-likeness (QED) is 0.116. The molecule has 1 unspecified atom stereocenters. The molecule has 0 spiro atoms. The van der Waals surface area contributed by atoms with Gasteiger partial charge in [-0.15, -0.1) is 9.80 Å². The molecule has 0 saturated carbocycles. The number of anilines is 3. The highest BCUT2D eigenvalue weighted by molar-refractivity contribution is 14.2. The smallest absolute Gasteiger partial charge is 0.278 e. The fourth-order valence-corrected chi connectivity index (χ4v) is 4.04. The van der Waals surface area contributed by atoms with E-state index in [1.165, 1.54) is 23.7 Å². The van der Waals surface area contributed by atoms with Crippen molar-refractivity contribution in [2.24, 2.45) is 7.05 Å². The minimum absolute atomic E-state index is 0.0853. The topological polar surface area (TPSA) is 135 Å². The van der Waals surface area contributed by atoms with E-state index < -0.39 is 29.6 Å². The Labute approximate surface area is 243 Å². The average Bonchev–Trinajstić information content (AvgIpc) is 2.94. The van der Waals surface area contributed by atoms with Crippen LogP contribution in [0.1, 0.15) is 25.0 Å². The maximum atomic E-state index is 14.7. The number of fused-ring (bicyclic) bond motifs is 1. The number of nitrogens with one attached hydrogen (secondary N) is 1. The summed E-state index contributed by atoms with van der Waals surface area (Å²) >= 11 is 1.84. The molecule has 210 valence electrons. The zero-order chi connectivity index (χ0) is 29.4. The molecule has 12 heteroatoms. The number of hydrogen-bond donors (Lipinski definition) is 5. The highest BCUT2D eigenvalue weighted by Gasteiger charge is 2.23. The van der Waals surface area contributed by atoms with Gasteiger partial charge in [-0.25, -0.2) is 9.07 Å². The van der Waals surface area contributed by atoms with Crippen LogP contribution in [0, 0.1) is 19.7 Å². The van der Waals surface area contributed by atoms with Crippen LogP contribution in [0.2, 0.25) is 0 Å². The van der Waals surface area contributed by atoms with Crippen LogP contribution in [0.3, 0.4) is 0 Å². The Bertz CT molecular complexity index is 1580. The number of nitrogens with zero attached hydrogens (tertiary/aromatic N) is 3. The van der Waals surface area contributed by atoms with E-state index >= 15 is 0 Å². The summed E-state index contributed by atoms with van der Waals surface area (Å²) in [6.07, 6.45) is -1.24. The lowest BCUT2D eigenvalue weighted by atomic mass is 10.0. The first-order chi connectivity index (χ1) is 18.6. The van der Waals surface area contributed by atoms with Crippen LogP contribution in [0.4, 0.5) is 21.5 Å². The Kier molecular flexibility index (Phi) is 12.0. The number of aryl methyl sites for hydroxylation is 2. The van der Waals surface area contributed by atoms with Gasteiger partial charge in [0, 0.05) is 23.9 Å². The van der Waals surface area contributed by atoms with E-state index in [-0.39, 0.29) is 40.1 Å². The molecule has 39 heavy (non-hydrogen) atoms. The Morgan fingerprint density at radius 1 is 1.13 bits per heavy atom. The number of aliphatic hydroxyl groups is 2. The largest absolute Gasteiger partial charge is 0.399 e. The highest BCUT2D eigenvalue weighted by Crippen LogP contribution is 2.32. The third-order valence-corrected chi connectivity index (χ3v) is 5.85. The second kappa shape index (κ2) is 14.4. The van der Waals surface area contributed by atoms with Gasteiger partial charge in [-0.1, -0.05) is 32.0 Å². The second-order valence-corrected chi connectivity index (χ2v) is 8.49. The molecule has 2 aromatic heterocycles. The van der Waals surface area contributed by atoms with Gasteiger partial charge >= 0.3 is 0 Å². The van der Waals surface area contributed by atoms with Crippen LogP contribution >= 0.6 is 31.0 Å². The maximum Gasteiger partial charge on any atom is 0.278 e. The van der Waals surface area contributed by atoms with Gasteiger partial charge in [-0.2, -0.15) is 5.10 Å². The Morgan fingerprint density at radius 2 is 1.79 bits per heavy atom. The van der Waals surface area contributed by atoms with Gasteiger partial charge in [0.15, 0.2) is 0 Å². The summed E-state index contributed by atoms with van der Waals surface area (Å²) in [5, 5.41) is 26.8. The summed E-state index contributed by atoms with van der Waals surface area (Å²) in [6, 6.07) is 11.4. The summed E-state index contributed by atoms with van der Waals surface area (Å²) in [5.74, 6) is -0.542. The zero-order valence-electron chi connectivity index (χ0n) is 22.4. The number of pyridine rings is 1. The van der Waals surface area contributed by atoms with Crippen LogP contribution in [-0.2, 0) is 13.6 Å². The summed E-state index contributed by atoms with van der Waals surface area (Å²) < 4.78 is 17.1. The molecule has 4 aromatic rings. The van der Waals surface area contributed by atoms with Gasteiger partial charge in [-0.05, 0) is 64.9 Å². The molecule has 9 nitrogen and oxygen atoms in total. The number of nitrogens with two attached hydrogens (primary N) is 1. The van der Waals surface area contributed by atoms with Gasteiger partial charge in [0.2, 0.25) is 0 Å². The number of thiol groups is 1. The van der Waals surface area contributed by atoms with E-state index in [0.717, 1.165) is 4.68 Å². The molecule has 0 bridgehead atoms. The van der Waals surface area contributed by atoms with Crippen molar-refractivity contribution in [3.05, 3.63) is 80.1 Å². The summed E-state index contributed by atoms with van der Waals surface area (Å²) in [6.45, 7) is 6.43. The van der Waals surface area contributed by atoms with Gasteiger partial charge in [0.25, 0.3) is 11.1 Å². The van der Waals surface area contributed by atoms with E-state index in [4.69, 9.17) is 5.73 Å². The fourth-order valence-electron chi connectivity index (χ4n) is 4.04. The SMILES string of the molecule is CC.Cc1ccc(Nc2c(C)c(=O)n(C)c3c(-c4cccc(N)c4)nn(CC(O)CO)c(=O)c23)c(F)c1.SI. The lowest BCUT2D eigenvalue weighted by Gasteiger charge is -2.20. The van der Waals surface area contributed by atoms with Crippen molar-refractivity contribution in [3.8, 4) is 11.3 Å². The van der Waals surface area contributed by atoms with Crippen LogP contribution in [0.5, 0.6) is 0 Å². The van der Waals surface area contributed by atoms with E-state index in [0.29, 0.717) is 16.8 Å². The summed E-state index contributed by atoms with van der Waals surface area (Å²) in [5.41, 5.74) is 7.58. The fraction of sp³-hybridized carbons (Fsp3) is 0.296. The number of rotatable bonds is 6. The third kappa shape index (κ3) is 6.99. The molecule has 0 fully saturated rings. The Balaban J connectivity index is 0.00000127. The van der Waals surface area contributed by atoms with Crippen LogP contribution in [-0.4, -0.2) is 37.3 Å². The molecule has 0 amide bonds. The molecular formula is C27H33FIN5O4S. The Morgan fingerprint density at radius 3 is 2.38 bits per heavy atom. The predicted molar refractivity (Wildman–Crippen MR) is 168 cm³/mol. The normalized spacial score (nSPS) is 11.2. The molecule has 0 aliphatic carbocycles. The molecule has 5 N–H and O–H groups in total. The number of hydrogen-bond acceptors (Lipinski definition) is 8. The minimum Gasteiger partial charge on any atom is -0.399 e. The first-order valence-electron chi connectivity index (χ1n) is 12.1. The van der Waals surface area contributed by atoms with Crippen LogP contribution < -0.4 is 22.2 Å². The zero-order valence-corrected chi connectivity index (χ0v) is 25.4. The first-order valence-corrected chi connectivity index (χ1v) is 15.3. The second-order valence-electron chi connectivity index (χ2n) is 8.49. The first kappa shape index (κ1) is 32.3. The van der Waals surface area contributed by atoms with Crippen molar-refractivity contribution in [2.75, 3.05) is 17.7 Å². The number of aromatic nitrogens is 3. The predicted octanol–water partition coefficient (Wildman–Crippen LogP) is 4.49. The molecule has 0 aliphatic heterocycles. The van der Waals surface area contributed by atoms with E-state index in [1.807, 2.05) is 35.1 Å². The van der Waals surface area contributed by atoms with Gasteiger partial charge in [0.1, 0.15) is 11.5 Å². The third-order valence-electron chi connectivity index (χ3n) is 5.85. The lowest BCUT2D eigenvalue weighted by molar-refractivity contribution is 0.0772. The van der Waals surface area contributed by atoms with Crippen molar-refractivity contribution in [1.82, 2.24) is 14.3 Å². The molecule has 2 aromatic carbocycles. The molecule has 0 saturated heterocycles. The number of nitrogen functional groups attached to an aromatic ring is 1. The van der Waals surface area contributed by atoms with Gasteiger partial charge in [0.05, 0.1) is 41.5 Å². The lowest BCUT2D eigenvalue weighted by Crippen LogP contribution is -2.33. The van der Waals surface area contributed by atoms with Gasteiger partial charge < -0.3 is 25.8 Å². The van der Waals surface area contributed by atoms with Crippen molar-refractivity contribution >= 4 is 59.0 Å². The highest BCUT2D eigenvalue weighted by atomic mass is 127. The molecular weight excluding hydrogens is 636 g/mol. The summed E-state index contributed by atoms with van der Waals surface area (Å²) in [4.78, 5) is 26.8. The Hall–Kier alpha value is -2.94. The van der Waals surface area contributed by atoms with Crippen LogP contribution in [0.15, 0.2) is 52.1 Å². The van der Waals surface area contributed by atoms with E-state index in [1.54, 1.807) is 44.2 Å². The van der Waals surface area contributed by atoms with Crippen molar-refractivity contribution in [1.29, 1.82) is 0 Å². The average molecular weight is 670 g/mol. The van der Waals surface area contributed by atoms with Crippen molar-refractivity contribution in [2.45, 2.75) is 40.3 Å². The number of benzene rings is 2. The minimum atomic E-state index is -1.24. The van der Waals surface area contributed by atoms with Crippen LogP contribution in [0.25, 0.3) is 22.2 Å². The van der Waals surface area contributed by atoms with Crippen molar-refractivity contribution in [3.63, 3.8) is 0 Å². The number of halogens is 2. The van der Waals surface area contributed by atoms with Gasteiger partial charge in [-0.3, -0.25) is 9.59 Å². The van der Waals surface area contributed by atoms with Crippen molar-refractivity contribution < 1.29 is 14.6 Å². The standard InChI is InChI=1S/C25H26FN5O4.C2H6.HIS/c1-13-7-8-19(18(26)9-13)28-21-14(2)24(34)30(3)23-20(21)25(35)31(11-17(33)12-32)29-22(23)15-5-4-6-16(27)10-15;2*1-2/h4-10,17,28,32-33H,11-12,27H2,1-3H3;1-2H3;2H. The maximum absolute atomic E-state index is 14.7. The molecule has 2 heterocycles. The van der Waals surface area contributed by atoms with E-state index in [2.05, 4.69) is 20.2 Å². The number of aliphatic hydroxyl groups excluding tert-OH is 2. The summed E-state index contributed by atoms with van der Waals surface area (Å²) in [7, 11) is 5.02.